The zero-order chi connectivity index (χ0) is 27.4. The summed E-state index contributed by atoms with van der Waals surface area (Å²) in [6, 6.07) is 3.83. The van der Waals surface area contributed by atoms with E-state index in [1.54, 1.807) is 45.5 Å². The summed E-state index contributed by atoms with van der Waals surface area (Å²) in [5, 5.41) is 13.6. The smallest absolute Gasteiger partial charge is 0.415 e. The van der Waals surface area contributed by atoms with Gasteiger partial charge in [0, 0.05) is 28.0 Å². The standard InChI is InChI=1S/C26H36N4O4S3/c1-16-20(12-17(15-35-8)28-23(31)33-25(2,3)4)37-22-19(13-27-29-21(16)22)30(14-18-10-9-11-36-18)24(32)34-26(5,6)7/h9-11,13,17H,12,14-15H2,1-8H3,(H,28,31)/t17-/m1/s1. The molecule has 8 nitrogen and oxygen atoms in total. The molecule has 1 atom stereocenters. The van der Waals surface area contributed by atoms with E-state index in [2.05, 4.69) is 15.5 Å². The Morgan fingerprint density at radius 1 is 1.16 bits per heavy atom. The second-order valence-electron chi connectivity index (χ2n) is 10.7. The van der Waals surface area contributed by atoms with Gasteiger partial charge in [0.05, 0.1) is 23.1 Å². The Morgan fingerprint density at radius 2 is 1.86 bits per heavy atom. The monoisotopic (exact) mass is 564 g/mol. The van der Waals surface area contributed by atoms with E-state index in [4.69, 9.17) is 9.47 Å². The first-order chi connectivity index (χ1) is 17.3. The largest absolute Gasteiger partial charge is 0.444 e. The molecule has 37 heavy (non-hydrogen) atoms. The minimum absolute atomic E-state index is 0.124. The number of nitrogens with one attached hydrogen (secondary N) is 1. The van der Waals surface area contributed by atoms with Gasteiger partial charge in [0.2, 0.25) is 0 Å². The number of anilines is 1. The molecule has 0 saturated carbocycles. The molecule has 0 unspecified atom stereocenters. The molecule has 3 rings (SSSR count). The first-order valence-corrected chi connectivity index (χ1v) is 15.1. The zero-order valence-corrected chi connectivity index (χ0v) is 25.2. The number of alkyl carbamates (subject to hydrolysis) is 1. The Bertz CT molecular complexity index is 1210. The third kappa shape index (κ3) is 8.31. The molecule has 0 fully saturated rings. The molecule has 1 N–H and O–H groups in total. The van der Waals surface area contributed by atoms with Crippen LogP contribution >= 0.6 is 34.4 Å². The van der Waals surface area contributed by atoms with Crippen LogP contribution in [0.1, 0.15) is 56.9 Å². The summed E-state index contributed by atoms with van der Waals surface area (Å²) < 4.78 is 12.1. The first-order valence-electron chi connectivity index (χ1n) is 12.0. The highest BCUT2D eigenvalue weighted by Gasteiger charge is 2.28. The molecule has 2 amide bonds. The van der Waals surface area contributed by atoms with E-state index in [1.165, 1.54) is 0 Å². The van der Waals surface area contributed by atoms with Crippen LogP contribution in [0.15, 0.2) is 23.7 Å². The minimum Gasteiger partial charge on any atom is -0.444 e. The van der Waals surface area contributed by atoms with Crippen LogP contribution in [0.4, 0.5) is 15.3 Å². The molecule has 0 aliphatic carbocycles. The lowest BCUT2D eigenvalue weighted by atomic mass is 10.1. The highest BCUT2D eigenvalue weighted by atomic mass is 32.2. The maximum atomic E-state index is 13.3. The van der Waals surface area contributed by atoms with Crippen LogP contribution in [0, 0.1) is 6.92 Å². The van der Waals surface area contributed by atoms with E-state index >= 15 is 0 Å². The van der Waals surface area contributed by atoms with E-state index in [-0.39, 0.29) is 6.04 Å². The molecule has 3 aromatic rings. The Morgan fingerprint density at radius 3 is 2.46 bits per heavy atom. The molecule has 11 heteroatoms. The lowest BCUT2D eigenvalue weighted by Crippen LogP contribution is -2.41. The Hall–Kier alpha value is -2.37. The summed E-state index contributed by atoms with van der Waals surface area (Å²) in [7, 11) is 0. The number of carbonyl (C=O) groups excluding carboxylic acids is 2. The molecule has 0 aromatic carbocycles. The highest BCUT2D eigenvalue weighted by molar-refractivity contribution is 7.98. The molecule has 202 valence electrons. The first kappa shape index (κ1) is 29.2. The van der Waals surface area contributed by atoms with Gasteiger partial charge in [0.15, 0.2) is 0 Å². The predicted octanol–water partition coefficient (Wildman–Crippen LogP) is 6.80. The lowest BCUT2D eigenvalue weighted by Gasteiger charge is -2.27. The summed E-state index contributed by atoms with van der Waals surface area (Å²) in [5.74, 6) is 0.730. The van der Waals surface area contributed by atoms with Crippen molar-refractivity contribution < 1.29 is 19.1 Å². The fourth-order valence-corrected chi connectivity index (χ4v) is 6.24. The van der Waals surface area contributed by atoms with Crippen molar-refractivity contribution in [2.75, 3.05) is 16.9 Å². The number of thioether (sulfide) groups is 1. The van der Waals surface area contributed by atoms with Gasteiger partial charge in [-0.05, 0) is 71.7 Å². The second kappa shape index (κ2) is 12.0. The minimum atomic E-state index is -0.640. The van der Waals surface area contributed by atoms with E-state index in [0.717, 1.165) is 31.3 Å². The predicted molar refractivity (Wildman–Crippen MR) is 154 cm³/mol. The third-order valence-corrected chi connectivity index (χ3v) is 8.03. The van der Waals surface area contributed by atoms with Gasteiger partial charge in [0.1, 0.15) is 16.7 Å². The molecular weight excluding hydrogens is 529 g/mol. The van der Waals surface area contributed by atoms with Crippen LogP contribution in [-0.2, 0) is 22.4 Å². The molecule has 0 radical (unpaired) electrons. The van der Waals surface area contributed by atoms with Crippen LogP contribution in [-0.4, -0.2) is 51.6 Å². The van der Waals surface area contributed by atoms with Crippen molar-refractivity contribution in [2.45, 2.75) is 78.7 Å². The third-order valence-electron chi connectivity index (χ3n) is 5.10. The molecule has 0 spiro atoms. The quantitative estimate of drug-likeness (QED) is 0.321. The van der Waals surface area contributed by atoms with Crippen LogP contribution in [0.25, 0.3) is 10.2 Å². The van der Waals surface area contributed by atoms with Gasteiger partial charge in [-0.15, -0.1) is 27.8 Å². The number of ether oxygens (including phenoxy) is 2. The van der Waals surface area contributed by atoms with E-state index in [1.807, 2.05) is 72.2 Å². The molecule has 0 aliphatic rings. The second-order valence-corrected chi connectivity index (χ2v) is 13.8. The van der Waals surface area contributed by atoms with Crippen molar-refractivity contribution in [3.05, 3.63) is 39.0 Å². The summed E-state index contributed by atoms with van der Waals surface area (Å²) in [4.78, 5) is 29.5. The molecule has 0 saturated heterocycles. The summed E-state index contributed by atoms with van der Waals surface area (Å²) >= 11 is 4.81. The number of hydrogen-bond donors (Lipinski definition) is 1. The Kier molecular flexibility index (Phi) is 9.47. The number of hydrogen-bond acceptors (Lipinski definition) is 9. The van der Waals surface area contributed by atoms with Gasteiger partial charge in [-0.3, -0.25) is 4.90 Å². The average Bonchev–Trinajstić information content (AvgIpc) is 3.38. The van der Waals surface area contributed by atoms with Crippen molar-refractivity contribution in [1.82, 2.24) is 15.5 Å². The molecule has 3 aromatic heterocycles. The van der Waals surface area contributed by atoms with Gasteiger partial charge in [-0.25, -0.2) is 9.59 Å². The Balaban J connectivity index is 1.96. The molecule has 3 heterocycles. The van der Waals surface area contributed by atoms with E-state index in [9.17, 15) is 9.59 Å². The number of thiophene rings is 2. The zero-order valence-electron chi connectivity index (χ0n) is 22.7. The van der Waals surface area contributed by atoms with Crippen molar-refractivity contribution in [2.24, 2.45) is 0 Å². The Labute approximate surface area is 231 Å². The van der Waals surface area contributed by atoms with Gasteiger partial charge < -0.3 is 14.8 Å². The number of aromatic nitrogens is 2. The van der Waals surface area contributed by atoms with Gasteiger partial charge in [-0.2, -0.15) is 16.9 Å². The van der Waals surface area contributed by atoms with Gasteiger partial charge >= 0.3 is 12.2 Å². The van der Waals surface area contributed by atoms with Gasteiger partial charge in [0.25, 0.3) is 0 Å². The van der Waals surface area contributed by atoms with Crippen LogP contribution in [0.2, 0.25) is 0 Å². The number of fused-ring (bicyclic) bond motifs is 1. The average molecular weight is 565 g/mol. The summed E-state index contributed by atoms with van der Waals surface area (Å²) in [6.45, 7) is 13.5. The van der Waals surface area contributed by atoms with E-state index < -0.39 is 23.4 Å². The van der Waals surface area contributed by atoms with E-state index in [0.29, 0.717) is 18.7 Å². The maximum absolute atomic E-state index is 13.3. The highest BCUT2D eigenvalue weighted by Crippen LogP contribution is 2.37. The van der Waals surface area contributed by atoms with Crippen LogP contribution in [0.3, 0.4) is 0 Å². The van der Waals surface area contributed by atoms with Crippen LogP contribution in [0.5, 0.6) is 0 Å². The SMILES string of the molecule is CSC[C@@H](Cc1sc2c(N(Cc3cccs3)C(=O)OC(C)(C)C)cnnc2c1C)NC(=O)OC(C)(C)C. The summed E-state index contributed by atoms with van der Waals surface area (Å²) in [5.41, 5.74) is 1.19. The fraction of sp³-hybridized carbons (Fsp3) is 0.538. The topological polar surface area (TPSA) is 93.7 Å². The number of nitrogens with zero attached hydrogens (tertiary/aromatic N) is 3. The van der Waals surface area contributed by atoms with Crippen molar-refractivity contribution in [1.29, 1.82) is 0 Å². The maximum Gasteiger partial charge on any atom is 0.415 e. The number of amides is 2. The van der Waals surface area contributed by atoms with Crippen molar-refractivity contribution in [3.8, 4) is 0 Å². The normalized spacial score (nSPS) is 12.9. The van der Waals surface area contributed by atoms with Crippen molar-refractivity contribution >= 4 is 62.5 Å². The molecule has 0 aliphatic heterocycles. The number of aryl methyl sites for hydroxylation is 1. The number of carbonyl (C=O) groups is 2. The van der Waals surface area contributed by atoms with Gasteiger partial charge in [-0.1, -0.05) is 6.07 Å². The van der Waals surface area contributed by atoms with Crippen LogP contribution < -0.4 is 10.2 Å². The summed E-state index contributed by atoms with van der Waals surface area (Å²) in [6.07, 6.45) is 3.38. The fourth-order valence-electron chi connectivity index (χ4n) is 3.61. The molecular formula is C26H36N4O4S3. The van der Waals surface area contributed by atoms with Crippen molar-refractivity contribution in [3.63, 3.8) is 0 Å². The molecule has 0 bridgehead atoms. The number of rotatable bonds is 8. The lowest BCUT2D eigenvalue weighted by molar-refractivity contribution is 0.0508.